The van der Waals surface area contributed by atoms with E-state index >= 15 is 0 Å². The molecule has 0 aliphatic rings. The molecule has 0 aromatic heterocycles. The molecule has 0 spiro atoms. The maximum Gasteiger partial charge on any atom is 0.339 e. The SMILES string of the molecule is Cc1ccc(S(=O)(=O)Oc2c(Cl)cccc2Cl)c(C)c1C. The summed E-state index contributed by atoms with van der Waals surface area (Å²) in [5.74, 6) is -0.0570. The van der Waals surface area contributed by atoms with E-state index in [-0.39, 0.29) is 20.7 Å². The van der Waals surface area contributed by atoms with E-state index in [1.807, 2.05) is 13.8 Å². The van der Waals surface area contributed by atoms with Crippen molar-refractivity contribution < 1.29 is 12.6 Å². The van der Waals surface area contributed by atoms with Crippen molar-refractivity contribution in [2.75, 3.05) is 0 Å². The van der Waals surface area contributed by atoms with Crippen LogP contribution in [0, 0.1) is 20.8 Å². The molecule has 0 unspecified atom stereocenters. The normalized spacial score (nSPS) is 11.5. The predicted molar refractivity (Wildman–Crippen MR) is 84.9 cm³/mol. The van der Waals surface area contributed by atoms with Crippen LogP contribution in [0.4, 0.5) is 0 Å². The summed E-state index contributed by atoms with van der Waals surface area (Å²) in [5, 5.41) is 0.292. The highest BCUT2D eigenvalue weighted by Gasteiger charge is 2.23. The molecule has 0 heterocycles. The van der Waals surface area contributed by atoms with Crippen LogP contribution in [0.15, 0.2) is 35.2 Å². The van der Waals surface area contributed by atoms with Crippen LogP contribution in [0.1, 0.15) is 16.7 Å². The van der Waals surface area contributed by atoms with Crippen molar-refractivity contribution in [2.45, 2.75) is 25.7 Å². The molecule has 3 nitrogen and oxygen atoms in total. The Balaban J connectivity index is 2.52. The average Bonchev–Trinajstić information content (AvgIpc) is 2.40. The highest BCUT2D eigenvalue weighted by Crippen LogP contribution is 2.35. The maximum atomic E-state index is 12.5. The number of halogens is 2. The van der Waals surface area contributed by atoms with Gasteiger partial charge in [-0.15, -0.1) is 0 Å². The molecule has 0 saturated carbocycles. The van der Waals surface area contributed by atoms with E-state index in [0.29, 0.717) is 5.56 Å². The van der Waals surface area contributed by atoms with Crippen LogP contribution in [0.3, 0.4) is 0 Å². The van der Waals surface area contributed by atoms with Crippen molar-refractivity contribution >= 4 is 33.3 Å². The summed E-state index contributed by atoms with van der Waals surface area (Å²) in [5.41, 5.74) is 2.57. The summed E-state index contributed by atoms with van der Waals surface area (Å²) < 4.78 is 30.0. The average molecular weight is 345 g/mol. The van der Waals surface area contributed by atoms with Crippen LogP contribution in [0.5, 0.6) is 5.75 Å². The smallest absolute Gasteiger partial charge is 0.339 e. The van der Waals surface area contributed by atoms with Gasteiger partial charge in [0, 0.05) is 0 Å². The zero-order valence-electron chi connectivity index (χ0n) is 11.8. The van der Waals surface area contributed by atoms with Gasteiger partial charge in [0.15, 0.2) is 5.75 Å². The Morgan fingerprint density at radius 1 is 0.905 bits per heavy atom. The highest BCUT2D eigenvalue weighted by atomic mass is 35.5. The summed E-state index contributed by atoms with van der Waals surface area (Å²) in [4.78, 5) is 0.113. The van der Waals surface area contributed by atoms with Crippen molar-refractivity contribution in [3.05, 3.63) is 57.1 Å². The van der Waals surface area contributed by atoms with E-state index in [9.17, 15) is 8.42 Å². The molecule has 2 aromatic carbocycles. The van der Waals surface area contributed by atoms with E-state index in [1.54, 1.807) is 19.1 Å². The Kier molecular flexibility index (Phi) is 4.51. The van der Waals surface area contributed by atoms with Crippen LogP contribution < -0.4 is 4.18 Å². The number of para-hydroxylation sites is 1. The number of hydrogen-bond acceptors (Lipinski definition) is 3. The second-order valence-electron chi connectivity index (χ2n) is 4.72. The minimum atomic E-state index is -4.00. The lowest BCUT2D eigenvalue weighted by molar-refractivity contribution is 0.485. The molecule has 21 heavy (non-hydrogen) atoms. The number of hydrogen-bond donors (Lipinski definition) is 0. The molecule has 2 aromatic rings. The van der Waals surface area contributed by atoms with Gasteiger partial charge in [-0.25, -0.2) is 0 Å². The first-order valence-electron chi connectivity index (χ1n) is 6.19. The second-order valence-corrected chi connectivity index (χ2v) is 7.05. The summed E-state index contributed by atoms with van der Waals surface area (Å²) in [7, 11) is -4.00. The van der Waals surface area contributed by atoms with E-state index in [0.717, 1.165) is 11.1 Å². The number of aryl methyl sites for hydroxylation is 1. The van der Waals surface area contributed by atoms with E-state index in [1.165, 1.54) is 18.2 Å². The largest absolute Gasteiger partial charge is 0.376 e. The lowest BCUT2D eigenvalue weighted by Gasteiger charge is -2.14. The van der Waals surface area contributed by atoms with Crippen molar-refractivity contribution in [1.29, 1.82) is 0 Å². The summed E-state index contributed by atoms with van der Waals surface area (Å²) in [6.07, 6.45) is 0. The van der Waals surface area contributed by atoms with Gasteiger partial charge >= 0.3 is 10.1 Å². The molecule has 112 valence electrons. The van der Waals surface area contributed by atoms with E-state index in [4.69, 9.17) is 27.4 Å². The standard InChI is InChI=1S/C15H14Cl2O3S/c1-9-7-8-14(11(3)10(9)2)21(18,19)20-15-12(16)5-4-6-13(15)17/h4-8H,1-3H3. The quantitative estimate of drug-likeness (QED) is 0.758. The fourth-order valence-corrected chi connectivity index (χ4v) is 3.74. The highest BCUT2D eigenvalue weighted by molar-refractivity contribution is 7.87. The Hall–Kier alpha value is -1.23. The minimum absolute atomic E-state index is 0.0570. The first-order chi connectivity index (χ1) is 9.74. The second kappa shape index (κ2) is 5.87. The van der Waals surface area contributed by atoms with Crippen LogP contribution >= 0.6 is 23.2 Å². The third-order valence-corrected chi connectivity index (χ3v) is 5.35. The molecule has 0 bridgehead atoms. The fraction of sp³-hybridized carbons (Fsp3) is 0.200. The summed E-state index contributed by atoms with van der Waals surface area (Å²) in [6, 6.07) is 7.92. The molecule has 0 saturated heterocycles. The molecule has 0 fully saturated rings. The van der Waals surface area contributed by atoms with Crippen LogP contribution in [-0.2, 0) is 10.1 Å². The zero-order valence-corrected chi connectivity index (χ0v) is 14.1. The molecule has 6 heteroatoms. The lowest BCUT2D eigenvalue weighted by atomic mass is 10.1. The number of benzene rings is 2. The third kappa shape index (κ3) is 3.18. The molecule has 0 amide bonds. The van der Waals surface area contributed by atoms with Gasteiger partial charge in [-0.1, -0.05) is 35.3 Å². The van der Waals surface area contributed by atoms with Crippen molar-refractivity contribution in [3.63, 3.8) is 0 Å². The topological polar surface area (TPSA) is 43.4 Å². The lowest BCUT2D eigenvalue weighted by Crippen LogP contribution is -2.12. The fourth-order valence-electron chi connectivity index (χ4n) is 1.92. The Morgan fingerprint density at radius 2 is 1.48 bits per heavy atom. The first-order valence-corrected chi connectivity index (χ1v) is 8.36. The molecule has 0 aliphatic heterocycles. The zero-order chi connectivity index (χ0) is 15.8. The summed E-state index contributed by atoms with van der Waals surface area (Å²) >= 11 is 11.9. The number of rotatable bonds is 3. The van der Waals surface area contributed by atoms with Crippen molar-refractivity contribution in [3.8, 4) is 5.75 Å². The summed E-state index contributed by atoms with van der Waals surface area (Å²) in [6.45, 7) is 5.53. The predicted octanol–water partition coefficient (Wildman–Crippen LogP) is 4.69. The van der Waals surface area contributed by atoms with E-state index in [2.05, 4.69) is 0 Å². The van der Waals surface area contributed by atoms with Crippen molar-refractivity contribution in [1.82, 2.24) is 0 Å². The van der Waals surface area contributed by atoms with Gasteiger partial charge in [-0.2, -0.15) is 8.42 Å². The van der Waals surface area contributed by atoms with Crippen LogP contribution in [0.2, 0.25) is 10.0 Å². The van der Waals surface area contributed by atoms with Gasteiger partial charge in [-0.05, 0) is 55.7 Å². The Bertz CT molecular complexity index is 779. The van der Waals surface area contributed by atoms with Gasteiger partial charge in [0.1, 0.15) is 4.90 Å². The van der Waals surface area contributed by atoms with Crippen LogP contribution in [-0.4, -0.2) is 8.42 Å². The Labute approximate surface area is 134 Å². The molecular formula is C15H14Cl2O3S. The molecule has 0 radical (unpaired) electrons. The van der Waals surface area contributed by atoms with E-state index < -0.39 is 10.1 Å². The van der Waals surface area contributed by atoms with Crippen molar-refractivity contribution in [2.24, 2.45) is 0 Å². The molecule has 0 atom stereocenters. The van der Waals surface area contributed by atoms with Gasteiger partial charge < -0.3 is 4.18 Å². The maximum absolute atomic E-state index is 12.5. The van der Waals surface area contributed by atoms with Gasteiger partial charge in [-0.3, -0.25) is 0 Å². The Morgan fingerprint density at radius 3 is 2.05 bits per heavy atom. The van der Waals surface area contributed by atoms with Gasteiger partial charge in [0.2, 0.25) is 0 Å². The first kappa shape index (κ1) is 16.1. The molecule has 0 aliphatic carbocycles. The molecule has 2 rings (SSSR count). The molecular weight excluding hydrogens is 331 g/mol. The minimum Gasteiger partial charge on any atom is -0.376 e. The monoisotopic (exact) mass is 344 g/mol. The van der Waals surface area contributed by atoms with Crippen LogP contribution in [0.25, 0.3) is 0 Å². The third-order valence-electron chi connectivity index (χ3n) is 3.39. The molecule has 0 N–H and O–H groups in total. The van der Waals surface area contributed by atoms with Gasteiger partial charge in [0.25, 0.3) is 0 Å². The van der Waals surface area contributed by atoms with Gasteiger partial charge in [0.05, 0.1) is 10.0 Å².